The van der Waals surface area contributed by atoms with E-state index in [1.54, 1.807) is 6.20 Å². The summed E-state index contributed by atoms with van der Waals surface area (Å²) in [6.45, 7) is 7.72. The van der Waals surface area contributed by atoms with Crippen LogP contribution in [-0.2, 0) is 4.79 Å². The second kappa shape index (κ2) is 10.6. The third-order valence-corrected chi connectivity index (χ3v) is 5.99. The van der Waals surface area contributed by atoms with Crippen LogP contribution in [0, 0.1) is 5.92 Å². The van der Waals surface area contributed by atoms with E-state index in [2.05, 4.69) is 39.6 Å². The summed E-state index contributed by atoms with van der Waals surface area (Å²) in [6, 6.07) is 10.1. The van der Waals surface area contributed by atoms with Crippen LogP contribution in [0.4, 0.5) is 5.82 Å². The number of fused-ring (bicyclic) bond motifs is 1. The second-order valence-corrected chi connectivity index (χ2v) is 8.85. The van der Waals surface area contributed by atoms with Crippen LogP contribution in [0.25, 0.3) is 0 Å². The zero-order valence-electron chi connectivity index (χ0n) is 18.9. The Balaban J connectivity index is 1.30. The number of rotatable bonds is 7. The number of likely N-dealkylation sites (tertiary alicyclic amines) is 1. The van der Waals surface area contributed by atoms with Gasteiger partial charge in [-0.05, 0) is 48.6 Å². The fourth-order valence-corrected chi connectivity index (χ4v) is 4.25. The van der Waals surface area contributed by atoms with Crippen LogP contribution >= 0.6 is 0 Å². The van der Waals surface area contributed by atoms with E-state index in [1.165, 1.54) is 0 Å². The van der Waals surface area contributed by atoms with E-state index in [9.17, 15) is 4.79 Å². The van der Waals surface area contributed by atoms with Crippen molar-refractivity contribution in [1.82, 2.24) is 20.4 Å². The minimum absolute atomic E-state index is 0.0520. The molecule has 2 aliphatic rings. The predicted molar refractivity (Wildman–Crippen MR) is 123 cm³/mol. The van der Waals surface area contributed by atoms with Gasteiger partial charge in [-0.15, -0.1) is 5.10 Å². The SMILES string of the molecule is CC(C)[C@@H](NC(=O)CN1CCC(Nc2cccnn2)CC1)c1ccc2c(c1)OCCCO2. The normalized spacial score (nSPS) is 18.1. The van der Waals surface area contributed by atoms with Gasteiger partial charge in [-0.1, -0.05) is 19.9 Å². The van der Waals surface area contributed by atoms with Crippen LogP contribution < -0.4 is 20.1 Å². The molecular weight excluding hydrogens is 406 g/mol. The Bertz CT molecular complexity index is 884. The van der Waals surface area contributed by atoms with Gasteiger partial charge in [0.2, 0.25) is 5.91 Å². The van der Waals surface area contributed by atoms with Crippen molar-refractivity contribution in [3.8, 4) is 11.5 Å². The first-order valence-corrected chi connectivity index (χ1v) is 11.5. The molecule has 8 heteroatoms. The molecule has 1 aromatic heterocycles. The molecule has 0 radical (unpaired) electrons. The molecule has 3 heterocycles. The maximum absolute atomic E-state index is 12.9. The summed E-state index contributed by atoms with van der Waals surface area (Å²) in [4.78, 5) is 15.1. The number of nitrogens with one attached hydrogen (secondary N) is 2. The highest BCUT2D eigenvalue weighted by Crippen LogP contribution is 2.34. The van der Waals surface area contributed by atoms with Crippen LogP contribution in [0.15, 0.2) is 36.5 Å². The van der Waals surface area contributed by atoms with Crippen molar-refractivity contribution in [3.05, 3.63) is 42.1 Å². The lowest BCUT2D eigenvalue weighted by atomic mass is 9.95. The van der Waals surface area contributed by atoms with Gasteiger partial charge < -0.3 is 20.1 Å². The number of nitrogens with zero attached hydrogens (tertiary/aromatic N) is 3. The predicted octanol–water partition coefficient (Wildman–Crippen LogP) is 3.03. The van der Waals surface area contributed by atoms with Gasteiger partial charge in [0, 0.05) is 31.7 Å². The number of piperidine rings is 1. The summed E-state index contributed by atoms with van der Waals surface area (Å²) in [6.07, 6.45) is 4.49. The Kier molecular flexibility index (Phi) is 7.42. The summed E-state index contributed by atoms with van der Waals surface area (Å²) in [5.41, 5.74) is 1.05. The van der Waals surface area contributed by atoms with E-state index in [0.717, 1.165) is 55.2 Å². The molecule has 0 unspecified atom stereocenters. The van der Waals surface area contributed by atoms with Crippen LogP contribution in [0.1, 0.15) is 44.7 Å². The number of carbonyl (C=O) groups excluding carboxylic acids is 1. The molecule has 1 fully saturated rings. The standard InChI is InChI=1S/C24H33N5O3/c1-17(2)24(18-6-7-20-21(15-18)32-14-4-13-31-20)27-23(30)16-29-11-8-19(9-12-29)26-22-5-3-10-25-28-22/h3,5-7,10,15,17,19,24H,4,8-9,11-14,16H2,1-2H3,(H,26,28)(H,27,30)/t24-/m1/s1. The zero-order chi connectivity index (χ0) is 22.3. The molecule has 4 rings (SSSR count). The highest BCUT2D eigenvalue weighted by molar-refractivity contribution is 5.78. The summed E-state index contributed by atoms with van der Waals surface area (Å²) in [7, 11) is 0. The zero-order valence-corrected chi connectivity index (χ0v) is 18.9. The van der Waals surface area contributed by atoms with Crippen LogP contribution in [0.3, 0.4) is 0 Å². The van der Waals surface area contributed by atoms with Crippen LogP contribution in [-0.4, -0.2) is 59.9 Å². The fourth-order valence-electron chi connectivity index (χ4n) is 4.25. The van der Waals surface area contributed by atoms with E-state index >= 15 is 0 Å². The minimum atomic E-state index is -0.0736. The van der Waals surface area contributed by atoms with Crippen molar-refractivity contribution in [2.24, 2.45) is 5.92 Å². The van der Waals surface area contributed by atoms with Gasteiger partial charge in [-0.3, -0.25) is 9.69 Å². The molecular formula is C24H33N5O3. The molecule has 1 saturated heterocycles. The van der Waals surface area contributed by atoms with Gasteiger partial charge in [0.05, 0.1) is 25.8 Å². The lowest BCUT2D eigenvalue weighted by Gasteiger charge is -2.32. The smallest absolute Gasteiger partial charge is 0.234 e. The highest BCUT2D eigenvalue weighted by Gasteiger charge is 2.24. The van der Waals surface area contributed by atoms with Crippen molar-refractivity contribution < 1.29 is 14.3 Å². The largest absolute Gasteiger partial charge is 0.490 e. The minimum Gasteiger partial charge on any atom is -0.490 e. The van der Waals surface area contributed by atoms with Crippen molar-refractivity contribution in [1.29, 1.82) is 0 Å². The highest BCUT2D eigenvalue weighted by atomic mass is 16.5. The fraction of sp³-hybridized carbons (Fsp3) is 0.542. The Hall–Kier alpha value is -2.87. The summed E-state index contributed by atoms with van der Waals surface area (Å²) >= 11 is 0. The first-order valence-electron chi connectivity index (χ1n) is 11.5. The maximum atomic E-state index is 12.9. The van der Waals surface area contributed by atoms with E-state index < -0.39 is 0 Å². The molecule has 172 valence electrons. The number of amides is 1. The number of hydrogen-bond acceptors (Lipinski definition) is 7. The van der Waals surface area contributed by atoms with Gasteiger partial charge >= 0.3 is 0 Å². The van der Waals surface area contributed by atoms with Crippen LogP contribution in [0.2, 0.25) is 0 Å². The topological polar surface area (TPSA) is 88.6 Å². The summed E-state index contributed by atoms with van der Waals surface area (Å²) in [5.74, 6) is 2.65. The van der Waals surface area contributed by atoms with Crippen molar-refractivity contribution in [2.45, 2.75) is 45.2 Å². The van der Waals surface area contributed by atoms with Crippen molar-refractivity contribution >= 4 is 11.7 Å². The van der Waals surface area contributed by atoms with E-state index in [0.29, 0.717) is 25.8 Å². The Labute approximate surface area is 189 Å². The molecule has 8 nitrogen and oxygen atoms in total. The Morgan fingerprint density at radius 1 is 1.16 bits per heavy atom. The lowest BCUT2D eigenvalue weighted by Crippen LogP contribution is -2.45. The number of ether oxygens (including phenoxy) is 2. The Morgan fingerprint density at radius 3 is 2.66 bits per heavy atom. The third-order valence-electron chi connectivity index (χ3n) is 5.99. The average molecular weight is 440 g/mol. The summed E-state index contributed by atoms with van der Waals surface area (Å²) in [5, 5.41) is 14.7. The van der Waals surface area contributed by atoms with Crippen molar-refractivity contribution in [3.63, 3.8) is 0 Å². The van der Waals surface area contributed by atoms with Gasteiger partial charge in [0.1, 0.15) is 5.82 Å². The molecule has 0 spiro atoms. The molecule has 0 saturated carbocycles. The van der Waals surface area contributed by atoms with Crippen molar-refractivity contribution in [2.75, 3.05) is 38.2 Å². The number of carbonyl (C=O) groups is 1. The van der Waals surface area contributed by atoms with E-state index in [1.807, 2.05) is 30.3 Å². The molecule has 1 amide bonds. The first-order chi connectivity index (χ1) is 15.6. The van der Waals surface area contributed by atoms with Gasteiger partial charge in [-0.25, -0.2) is 0 Å². The quantitative estimate of drug-likeness (QED) is 0.685. The number of aromatic nitrogens is 2. The molecule has 2 aliphatic heterocycles. The third kappa shape index (κ3) is 5.88. The molecule has 0 bridgehead atoms. The first kappa shape index (κ1) is 22.3. The average Bonchev–Trinajstić information content (AvgIpc) is 3.04. The molecule has 2 aromatic rings. The van der Waals surface area contributed by atoms with E-state index in [4.69, 9.17) is 9.47 Å². The molecule has 2 N–H and O–H groups in total. The maximum Gasteiger partial charge on any atom is 0.234 e. The molecule has 1 aromatic carbocycles. The number of hydrogen-bond donors (Lipinski definition) is 2. The van der Waals surface area contributed by atoms with E-state index in [-0.39, 0.29) is 17.9 Å². The second-order valence-electron chi connectivity index (χ2n) is 8.85. The number of benzene rings is 1. The monoisotopic (exact) mass is 439 g/mol. The van der Waals surface area contributed by atoms with Gasteiger partial charge in [0.15, 0.2) is 11.5 Å². The van der Waals surface area contributed by atoms with Gasteiger partial charge in [0.25, 0.3) is 0 Å². The lowest BCUT2D eigenvalue weighted by molar-refractivity contribution is -0.123. The molecule has 32 heavy (non-hydrogen) atoms. The van der Waals surface area contributed by atoms with Crippen LogP contribution in [0.5, 0.6) is 11.5 Å². The summed E-state index contributed by atoms with van der Waals surface area (Å²) < 4.78 is 11.6. The number of anilines is 1. The molecule has 1 atom stereocenters. The Morgan fingerprint density at radius 2 is 1.94 bits per heavy atom. The van der Waals surface area contributed by atoms with Gasteiger partial charge in [-0.2, -0.15) is 5.10 Å². The molecule has 0 aliphatic carbocycles.